The normalized spacial score (nSPS) is 19.3. The molecular weight excluding hydrogens is 360 g/mol. The molecule has 4 nitrogen and oxygen atoms in total. The lowest BCUT2D eigenvalue weighted by Crippen LogP contribution is -2.50. The van der Waals surface area contributed by atoms with Crippen LogP contribution in [0.5, 0.6) is 0 Å². The molecule has 0 unspecified atom stereocenters. The van der Waals surface area contributed by atoms with E-state index in [4.69, 9.17) is 11.6 Å². The Balaban J connectivity index is 1.50. The van der Waals surface area contributed by atoms with Gasteiger partial charge in [0.2, 0.25) is 0 Å². The molecule has 2 aromatic rings. The van der Waals surface area contributed by atoms with Crippen LogP contribution in [0.4, 0.5) is 10.5 Å². The molecule has 0 radical (unpaired) electrons. The fraction of sp³-hybridized carbons (Fsp3) is 0.409. The number of piperidine rings is 1. The van der Waals surface area contributed by atoms with E-state index in [-0.39, 0.29) is 6.03 Å². The number of halogens is 1. The summed E-state index contributed by atoms with van der Waals surface area (Å²) in [6, 6.07) is 15.6. The summed E-state index contributed by atoms with van der Waals surface area (Å²) in [6.45, 7) is 1.85. The number of fused-ring (bicyclic) bond motifs is 1. The molecule has 0 bridgehead atoms. The van der Waals surface area contributed by atoms with E-state index in [9.17, 15) is 9.90 Å². The van der Waals surface area contributed by atoms with Crippen molar-refractivity contribution < 1.29 is 9.90 Å². The third-order valence-corrected chi connectivity index (χ3v) is 6.05. The highest BCUT2D eigenvalue weighted by molar-refractivity contribution is 6.30. The summed E-state index contributed by atoms with van der Waals surface area (Å²) in [5.74, 6) is 0. The fourth-order valence-corrected chi connectivity index (χ4v) is 4.39. The summed E-state index contributed by atoms with van der Waals surface area (Å²) in [4.78, 5) is 17.0. The second-order valence-corrected chi connectivity index (χ2v) is 7.99. The predicted octanol–water partition coefficient (Wildman–Crippen LogP) is 4.59. The molecule has 2 aliphatic heterocycles. The maximum Gasteiger partial charge on any atom is 0.324 e. The first-order valence-electron chi connectivity index (χ1n) is 9.70. The van der Waals surface area contributed by atoms with Crippen LogP contribution in [0, 0.1) is 0 Å². The van der Waals surface area contributed by atoms with Crippen molar-refractivity contribution in [3.8, 4) is 0 Å². The van der Waals surface area contributed by atoms with Crippen LogP contribution < -0.4 is 4.90 Å². The highest BCUT2D eigenvalue weighted by Crippen LogP contribution is 2.34. The Kier molecular flexibility index (Phi) is 5.11. The van der Waals surface area contributed by atoms with Crippen LogP contribution in [-0.4, -0.2) is 35.7 Å². The molecule has 1 N–H and O–H groups in total. The number of hydrogen-bond donors (Lipinski definition) is 1. The minimum absolute atomic E-state index is 0.0376. The maximum atomic E-state index is 13.2. The van der Waals surface area contributed by atoms with Gasteiger partial charge in [-0.05, 0) is 61.4 Å². The Morgan fingerprint density at radius 2 is 1.74 bits per heavy atom. The number of nitrogens with zero attached hydrogens (tertiary/aromatic N) is 2. The number of anilines is 1. The Labute approximate surface area is 165 Å². The van der Waals surface area contributed by atoms with Crippen LogP contribution in [-0.2, 0) is 12.0 Å². The summed E-state index contributed by atoms with van der Waals surface area (Å²) in [5.41, 5.74) is 2.21. The molecule has 2 amide bonds. The first-order valence-corrected chi connectivity index (χ1v) is 10.1. The van der Waals surface area contributed by atoms with E-state index < -0.39 is 5.60 Å². The summed E-state index contributed by atoms with van der Waals surface area (Å²) < 4.78 is 0. The van der Waals surface area contributed by atoms with E-state index in [2.05, 4.69) is 0 Å². The standard InChI is InChI=1S/C22H25ClN2O2/c23-19-9-10-20-17(16-19)6-4-5-13-25(20)21(26)24-14-11-22(27,12-15-24)18-7-2-1-3-8-18/h1-3,7-10,16,27H,4-6,11-15H2. The minimum atomic E-state index is -0.845. The van der Waals surface area contributed by atoms with Gasteiger partial charge in [0, 0.05) is 30.3 Å². The molecule has 0 saturated carbocycles. The molecule has 1 saturated heterocycles. The summed E-state index contributed by atoms with van der Waals surface area (Å²) in [5, 5.41) is 11.7. The minimum Gasteiger partial charge on any atom is -0.385 e. The number of hydrogen-bond acceptors (Lipinski definition) is 2. The average Bonchev–Trinajstić information content (AvgIpc) is 2.90. The van der Waals surface area contributed by atoms with Crippen molar-refractivity contribution in [2.24, 2.45) is 0 Å². The van der Waals surface area contributed by atoms with E-state index in [1.165, 1.54) is 0 Å². The third kappa shape index (κ3) is 3.69. The van der Waals surface area contributed by atoms with Crippen molar-refractivity contribution in [1.29, 1.82) is 0 Å². The van der Waals surface area contributed by atoms with Gasteiger partial charge in [-0.15, -0.1) is 0 Å². The van der Waals surface area contributed by atoms with Crippen molar-refractivity contribution in [3.63, 3.8) is 0 Å². The Morgan fingerprint density at radius 3 is 2.48 bits per heavy atom. The first kappa shape index (κ1) is 18.3. The molecule has 1 fully saturated rings. The number of carbonyl (C=O) groups is 1. The number of carbonyl (C=O) groups excluding carboxylic acids is 1. The summed E-state index contributed by atoms with van der Waals surface area (Å²) >= 11 is 6.15. The molecule has 5 heteroatoms. The smallest absolute Gasteiger partial charge is 0.324 e. The number of rotatable bonds is 1. The van der Waals surface area contributed by atoms with Crippen LogP contribution in [0.25, 0.3) is 0 Å². The molecule has 142 valence electrons. The number of urea groups is 1. The largest absolute Gasteiger partial charge is 0.385 e. The molecule has 0 atom stereocenters. The molecule has 0 aromatic heterocycles. The van der Waals surface area contributed by atoms with Gasteiger partial charge in [0.15, 0.2) is 0 Å². The average molecular weight is 385 g/mol. The van der Waals surface area contributed by atoms with Crippen molar-refractivity contribution >= 4 is 23.3 Å². The predicted molar refractivity (Wildman–Crippen MR) is 108 cm³/mol. The third-order valence-electron chi connectivity index (χ3n) is 5.81. The molecule has 27 heavy (non-hydrogen) atoms. The molecular formula is C22H25ClN2O2. The molecule has 2 aromatic carbocycles. The maximum absolute atomic E-state index is 13.2. The zero-order valence-electron chi connectivity index (χ0n) is 15.4. The highest BCUT2D eigenvalue weighted by atomic mass is 35.5. The molecule has 2 aliphatic rings. The van der Waals surface area contributed by atoms with Gasteiger partial charge in [0.05, 0.1) is 5.60 Å². The van der Waals surface area contributed by atoms with Gasteiger partial charge in [-0.25, -0.2) is 4.79 Å². The van der Waals surface area contributed by atoms with Crippen LogP contribution >= 0.6 is 11.6 Å². The van der Waals surface area contributed by atoms with Gasteiger partial charge in [0.25, 0.3) is 0 Å². The van der Waals surface area contributed by atoms with Gasteiger partial charge in [-0.2, -0.15) is 0 Å². The lowest BCUT2D eigenvalue weighted by molar-refractivity contribution is -0.0162. The van der Waals surface area contributed by atoms with Gasteiger partial charge >= 0.3 is 6.03 Å². The number of amides is 2. The van der Waals surface area contributed by atoms with Crippen LogP contribution in [0.1, 0.15) is 36.8 Å². The molecule has 0 spiro atoms. The van der Waals surface area contributed by atoms with Gasteiger partial charge in [-0.3, -0.25) is 4.90 Å². The van der Waals surface area contributed by atoms with E-state index >= 15 is 0 Å². The molecule has 2 heterocycles. The van der Waals surface area contributed by atoms with E-state index in [0.717, 1.165) is 42.6 Å². The van der Waals surface area contributed by atoms with Crippen molar-refractivity contribution in [2.75, 3.05) is 24.5 Å². The van der Waals surface area contributed by atoms with Crippen molar-refractivity contribution in [2.45, 2.75) is 37.7 Å². The fourth-order valence-electron chi connectivity index (χ4n) is 4.20. The first-order chi connectivity index (χ1) is 13.1. The number of aryl methyl sites for hydroxylation is 1. The quantitative estimate of drug-likeness (QED) is 0.781. The zero-order valence-corrected chi connectivity index (χ0v) is 16.2. The summed E-state index contributed by atoms with van der Waals surface area (Å²) in [6.07, 6.45) is 4.12. The van der Waals surface area contributed by atoms with Gasteiger partial charge in [-0.1, -0.05) is 41.9 Å². The molecule has 4 rings (SSSR count). The lowest BCUT2D eigenvalue weighted by atomic mass is 9.84. The van der Waals surface area contributed by atoms with Crippen LogP contribution in [0.3, 0.4) is 0 Å². The second kappa shape index (κ2) is 7.53. The topological polar surface area (TPSA) is 43.8 Å². The van der Waals surface area contributed by atoms with E-state index in [1.54, 1.807) is 0 Å². The van der Waals surface area contributed by atoms with Gasteiger partial charge in [0.1, 0.15) is 0 Å². The lowest BCUT2D eigenvalue weighted by Gasteiger charge is -2.40. The highest BCUT2D eigenvalue weighted by Gasteiger charge is 2.37. The SMILES string of the molecule is O=C(N1CCC(O)(c2ccccc2)CC1)N1CCCCc2cc(Cl)ccc21. The Morgan fingerprint density at radius 1 is 1.00 bits per heavy atom. The Bertz CT molecular complexity index is 816. The van der Waals surface area contributed by atoms with Gasteiger partial charge < -0.3 is 10.0 Å². The van der Waals surface area contributed by atoms with E-state index in [0.29, 0.717) is 31.0 Å². The number of aliphatic hydroxyl groups is 1. The second-order valence-electron chi connectivity index (χ2n) is 7.55. The van der Waals surface area contributed by atoms with E-state index in [1.807, 2.05) is 58.3 Å². The molecule has 0 aliphatic carbocycles. The van der Waals surface area contributed by atoms with Crippen molar-refractivity contribution in [3.05, 3.63) is 64.7 Å². The monoisotopic (exact) mass is 384 g/mol. The zero-order chi connectivity index (χ0) is 18.9. The Hall–Kier alpha value is -2.04. The number of likely N-dealkylation sites (tertiary alicyclic amines) is 1. The van der Waals surface area contributed by atoms with Crippen LogP contribution in [0.15, 0.2) is 48.5 Å². The number of benzene rings is 2. The van der Waals surface area contributed by atoms with Crippen LogP contribution in [0.2, 0.25) is 5.02 Å². The summed E-state index contributed by atoms with van der Waals surface area (Å²) in [7, 11) is 0. The van der Waals surface area contributed by atoms with Crippen molar-refractivity contribution in [1.82, 2.24) is 4.90 Å².